The molecule has 0 aliphatic heterocycles. The first-order valence-electron chi connectivity index (χ1n) is 4.95. The van der Waals surface area contributed by atoms with Crippen LogP contribution in [-0.2, 0) is 0 Å². The molecule has 0 saturated carbocycles. The van der Waals surface area contributed by atoms with Gasteiger partial charge in [0.05, 0.1) is 16.6 Å². The molecule has 0 aromatic heterocycles. The molecule has 1 rings (SSSR count). The Balaban J connectivity index is 2.90. The highest BCUT2D eigenvalue weighted by Crippen LogP contribution is 2.27. The Morgan fingerprint density at radius 2 is 2.20 bits per heavy atom. The Hall–Kier alpha value is -0.450. The Morgan fingerprint density at radius 3 is 2.80 bits per heavy atom. The summed E-state index contributed by atoms with van der Waals surface area (Å²) in [5, 5.41) is 9.72. The topological polar surface area (TPSA) is 46.2 Å². The third-order valence-electron chi connectivity index (χ3n) is 2.34. The second-order valence-corrected chi connectivity index (χ2v) is 4.32. The van der Waals surface area contributed by atoms with Crippen molar-refractivity contribution < 1.29 is 9.50 Å². The highest BCUT2D eigenvalue weighted by atomic mass is 79.9. The molecule has 2 nitrogen and oxygen atoms in total. The predicted octanol–water partition coefficient (Wildman–Crippen LogP) is 2.75. The molecule has 0 radical (unpaired) electrons. The van der Waals surface area contributed by atoms with Crippen molar-refractivity contribution in [2.75, 3.05) is 0 Å². The van der Waals surface area contributed by atoms with Gasteiger partial charge in [-0.2, -0.15) is 0 Å². The zero-order valence-corrected chi connectivity index (χ0v) is 10.2. The zero-order valence-electron chi connectivity index (χ0n) is 8.58. The molecule has 1 aromatic carbocycles. The van der Waals surface area contributed by atoms with Crippen LogP contribution in [0, 0.1) is 5.82 Å². The van der Waals surface area contributed by atoms with Gasteiger partial charge in [-0.25, -0.2) is 4.39 Å². The molecule has 0 fully saturated rings. The minimum Gasteiger partial charge on any atom is -0.391 e. The first kappa shape index (κ1) is 12.6. The lowest BCUT2D eigenvalue weighted by Gasteiger charge is -2.19. The van der Waals surface area contributed by atoms with Crippen molar-refractivity contribution in [2.24, 2.45) is 5.73 Å². The maximum absolute atomic E-state index is 13.2. The van der Waals surface area contributed by atoms with Crippen LogP contribution in [0.4, 0.5) is 4.39 Å². The lowest BCUT2D eigenvalue weighted by Crippen LogP contribution is -2.26. The van der Waals surface area contributed by atoms with E-state index in [1.165, 1.54) is 6.07 Å². The number of hydrogen-bond donors (Lipinski definition) is 2. The molecule has 4 heteroatoms. The fraction of sp³-hybridized carbons (Fsp3) is 0.455. The Morgan fingerprint density at radius 1 is 1.53 bits per heavy atom. The summed E-state index contributed by atoms with van der Waals surface area (Å²) in [6.07, 6.45) is 0.833. The van der Waals surface area contributed by atoms with E-state index in [1.54, 1.807) is 12.1 Å². The van der Waals surface area contributed by atoms with Crippen molar-refractivity contribution in [3.63, 3.8) is 0 Å². The minimum atomic E-state index is -0.631. The van der Waals surface area contributed by atoms with Crippen molar-refractivity contribution in [1.82, 2.24) is 0 Å². The van der Waals surface area contributed by atoms with Crippen LogP contribution < -0.4 is 5.73 Å². The van der Waals surface area contributed by atoms with Crippen molar-refractivity contribution in [2.45, 2.75) is 31.9 Å². The quantitative estimate of drug-likeness (QED) is 0.888. The van der Waals surface area contributed by atoms with E-state index < -0.39 is 12.1 Å². The Bertz CT molecular complexity index is 332. The van der Waals surface area contributed by atoms with Gasteiger partial charge < -0.3 is 10.8 Å². The molecule has 2 atom stereocenters. The molecule has 0 amide bonds. The number of halogens is 2. The summed E-state index contributed by atoms with van der Waals surface area (Å²) in [6, 6.07) is 4.12. The Labute approximate surface area is 97.4 Å². The van der Waals surface area contributed by atoms with Gasteiger partial charge in [0, 0.05) is 0 Å². The lowest BCUT2D eigenvalue weighted by atomic mass is 9.99. The molecule has 84 valence electrons. The van der Waals surface area contributed by atoms with E-state index in [1.807, 2.05) is 6.92 Å². The molecule has 0 aliphatic carbocycles. The summed E-state index contributed by atoms with van der Waals surface area (Å²) in [5.41, 5.74) is 6.46. The first-order chi connectivity index (χ1) is 7.07. The van der Waals surface area contributed by atoms with E-state index in [9.17, 15) is 9.50 Å². The average molecular weight is 276 g/mol. The van der Waals surface area contributed by atoms with Gasteiger partial charge in [-0.3, -0.25) is 0 Å². The van der Waals surface area contributed by atoms with E-state index in [4.69, 9.17) is 5.73 Å². The summed E-state index contributed by atoms with van der Waals surface area (Å²) < 4.78 is 13.5. The number of aliphatic hydroxyl groups excluding tert-OH is 1. The lowest BCUT2D eigenvalue weighted by molar-refractivity contribution is 0.134. The molecule has 0 aliphatic rings. The predicted molar refractivity (Wildman–Crippen MR) is 61.9 cm³/mol. The van der Waals surface area contributed by atoms with Gasteiger partial charge in [-0.15, -0.1) is 0 Å². The highest BCUT2D eigenvalue weighted by Gasteiger charge is 2.19. The maximum atomic E-state index is 13.2. The fourth-order valence-corrected chi connectivity index (χ4v) is 1.99. The van der Waals surface area contributed by atoms with Crippen LogP contribution >= 0.6 is 15.9 Å². The van der Waals surface area contributed by atoms with Gasteiger partial charge in [0.15, 0.2) is 0 Å². The van der Waals surface area contributed by atoms with Crippen LogP contribution in [-0.4, -0.2) is 11.2 Å². The van der Waals surface area contributed by atoms with Crippen LogP contribution in [0.15, 0.2) is 22.7 Å². The van der Waals surface area contributed by atoms with Gasteiger partial charge in [0.25, 0.3) is 0 Å². The number of rotatable bonds is 4. The van der Waals surface area contributed by atoms with Gasteiger partial charge >= 0.3 is 0 Å². The molecule has 0 heterocycles. The molecule has 0 saturated heterocycles. The van der Waals surface area contributed by atoms with Gasteiger partial charge in [-0.1, -0.05) is 25.5 Å². The molecular formula is C11H15BrFNO. The smallest absolute Gasteiger partial charge is 0.137 e. The van der Waals surface area contributed by atoms with Crippen LogP contribution in [0.5, 0.6) is 0 Å². The van der Waals surface area contributed by atoms with Crippen LogP contribution in [0.3, 0.4) is 0 Å². The standard InChI is InChI=1S/C11H15BrFNO/c1-2-4-9(15)11(14)7-5-3-6-8(13)10(7)12/h3,5-6,9,11,15H,2,4,14H2,1H3/t9-,11+/m1/s1. The largest absolute Gasteiger partial charge is 0.391 e. The summed E-state index contributed by atoms with van der Waals surface area (Å²) in [4.78, 5) is 0. The molecular weight excluding hydrogens is 261 g/mol. The Kier molecular flexibility index (Phi) is 4.70. The van der Waals surface area contributed by atoms with E-state index in [-0.39, 0.29) is 5.82 Å². The van der Waals surface area contributed by atoms with Crippen molar-refractivity contribution in [3.8, 4) is 0 Å². The number of nitrogens with two attached hydrogens (primary N) is 1. The summed E-state index contributed by atoms with van der Waals surface area (Å²) >= 11 is 3.13. The molecule has 0 bridgehead atoms. The van der Waals surface area contributed by atoms with Gasteiger partial charge in [-0.05, 0) is 34.0 Å². The summed E-state index contributed by atoms with van der Waals surface area (Å²) in [5.74, 6) is -0.355. The number of aliphatic hydroxyl groups is 1. The monoisotopic (exact) mass is 275 g/mol. The van der Waals surface area contributed by atoms with E-state index in [0.717, 1.165) is 6.42 Å². The maximum Gasteiger partial charge on any atom is 0.137 e. The third-order valence-corrected chi connectivity index (χ3v) is 3.18. The molecule has 0 unspecified atom stereocenters. The van der Waals surface area contributed by atoms with Crippen LogP contribution in [0.1, 0.15) is 31.4 Å². The number of hydrogen-bond acceptors (Lipinski definition) is 2. The normalized spacial score (nSPS) is 15.0. The fourth-order valence-electron chi connectivity index (χ4n) is 1.46. The summed E-state index contributed by atoms with van der Waals surface area (Å²) in [7, 11) is 0. The molecule has 15 heavy (non-hydrogen) atoms. The highest BCUT2D eigenvalue weighted by molar-refractivity contribution is 9.10. The zero-order chi connectivity index (χ0) is 11.4. The molecule has 1 aromatic rings. The second kappa shape index (κ2) is 5.58. The SMILES string of the molecule is CCC[C@@H](O)[C@@H](N)c1cccc(F)c1Br. The van der Waals surface area contributed by atoms with Crippen LogP contribution in [0.2, 0.25) is 0 Å². The second-order valence-electron chi connectivity index (χ2n) is 3.52. The van der Waals surface area contributed by atoms with Gasteiger partial charge in [0.2, 0.25) is 0 Å². The van der Waals surface area contributed by atoms with Crippen LogP contribution in [0.25, 0.3) is 0 Å². The molecule has 3 N–H and O–H groups in total. The third kappa shape index (κ3) is 3.00. The van der Waals surface area contributed by atoms with E-state index in [2.05, 4.69) is 15.9 Å². The van der Waals surface area contributed by atoms with E-state index in [0.29, 0.717) is 16.5 Å². The first-order valence-corrected chi connectivity index (χ1v) is 5.74. The number of benzene rings is 1. The van der Waals surface area contributed by atoms with E-state index >= 15 is 0 Å². The minimum absolute atomic E-state index is 0.340. The van der Waals surface area contributed by atoms with Gasteiger partial charge in [0.1, 0.15) is 5.82 Å². The van der Waals surface area contributed by atoms with Crippen molar-refractivity contribution in [3.05, 3.63) is 34.1 Å². The molecule has 0 spiro atoms. The average Bonchev–Trinajstić information content (AvgIpc) is 2.21. The van der Waals surface area contributed by atoms with Crippen molar-refractivity contribution >= 4 is 15.9 Å². The van der Waals surface area contributed by atoms with Crippen molar-refractivity contribution in [1.29, 1.82) is 0 Å². The summed E-state index contributed by atoms with van der Waals surface area (Å²) in [6.45, 7) is 1.97.